The van der Waals surface area contributed by atoms with E-state index in [1.54, 1.807) is 0 Å². The summed E-state index contributed by atoms with van der Waals surface area (Å²) in [7, 11) is 1.32. The van der Waals surface area contributed by atoms with E-state index in [0.717, 1.165) is 0 Å². The van der Waals surface area contributed by atoms with E-state index >= 15 is 0 Å². The molecule has 5 N–H and O–H groups in total. The van der Waals surface area contributed by atoms with E-state index in [0.29, 0.717) is 25.4 Å². The van der Waals surface area contributed by atoms with E-state index < -0.39 is 34.4 Å². The Labute approximate surface area is 152 Å². The molecule has 2 aromatic rings. The molecular formula is C17H16N2O8. The largest absolute Gasteiger partial charge is 0.496 e. The first-order valence-electron chi connectivity index (χ1n) is 7.85. The third-order valence-corrected chi connectivity index (χ3v) is 4.01. The Morgan fingerprint density at radius 2 is 1.70 bits per heavy atom. The van der Waals surface area contributed by atoms with Gasteiger partial charge in [-0.3, -0.25) is 4.79 Å². The number of aromatic nitrogens is 1. The van der Waals surface area contributed by atoms with Crippen molar-refractivity contribution in [2.75, 3.05) is 26.1 Å². The van der Waals surface area contributed by atoms with Gasteiger partial charge in [-0.15, -0.1) is 0 Å². The van der Waals surface area contributed by atoms with Crippen LogP contribution in [-0.4, -0.2) is 47.5 Å². The van der Waals surface area contributed by atoms with Crippen molar-refractivity contribution in [2.24, 2.45) is 0 Å². The monoisotopic (exact) mass is 376 g/mol. The quantitative estimate of drug-likeness (QED) is 0.614. The van der Waals surface area contributed by atoms with Gasteiger partial charge in [0.2, 0.25) is 0 Å². The maximum atomic E-state index is 12.2. The fourth-order valence-corrected chi connectivity index (χ4v) is 2.87. The van der Waals surface area contributed by atoms with Gasteiger partial charge in [0.1, 0.15) is 22.7 Å². The first-order valence-corrected chi connectivity index (χ1v) is 7.85. The number of pyridine rings is 1. The van der Waals surface area contributed by atoms with Gasteiger partial charge in [-0.2, -0.15) is 0 Å². The normalized spacial score (nSPS) is 12.9. The summed E-state index contributed by atoms with van der Waals surface area (Å²) in [5.41, 5.74) is 2.96. The lowest BCUT2D eigenvalue weighted by atomic mass is 9.94. The van der Waals surface area contributed by atoms with Crippen LogP contribution in [0.5, 0.6) is 17.2 Å². The second kappa shape index (κ2) is 6.90. The number of nitrogen functional groups attached to an aromatic ring is 1. The number of carboxylic acid groups (broad SMARTS) is 2. The number of ether oxygens (including phenoxy) is 3. The zero-order chi connectivity index (χ0) is 19.7. The number of carbonyl (C=O) groups is 2. The first kappa shape index (κ1) is 18.1. The van der Waals surface area contributed by atoms with Crippen molar-refractivity contribution < 1.29 is 34.0 Å². The van der Waals surface area contributed by atoms with Crippen molar-refractivity contribution >= 4 is 17.8 Å². The molecule has 0 spiro atoms. The van der Waals surface area contributed by atoms with Crippen LogP contribution in [0.2, 0.25) is 0 Å². The van der Waals surface area contributed by atoms with E-state index in [1.165, 1.54) is 19.2 Å². The van der Waals surface area contributed by atoms with Crippen LogP contribution < -0.4 is 25.5 Å². The van der Waals surface area contributed by atoms with E-state index in [2.05, 4.69) is 4.98 Å². The number of hydrogen-bond acceptors (Lipinski definition) is 7. The van der Waals surface area contributed by atoms with Crippen LogP contribution in [0.25, 0.3) is 11.1 Å². The minimum atomic E-state index is -1.61. The highest BCUT2D eigenvalue weighted by Crippen LogP contribution is 2.43. The summed E-state index contributed by atoms with van der Waals surface area (Å²) in [6.45, 7) is 0.766. The highest BCUT2D eigenvalue weighted by Gasteiger charge is 2.29. The van der Waals surface area contributed by atoms with Gasteiger partial charge in [0.05, 0.1) is 20.3 Å². The molecule has 0 saturated heterocycles. The summed E-state index contributed by atoms with van der Waals surface area (Å²) in [6.07, 6.45) is 0.630. The molecule has 0 aliphatic carbocycles. The highest BCUT2D eigenvalue weighted by atomic mass is 16.5. The number of carboxylic acids is 2. The number of benzene rings is 1. The Kier molecular flexibility index (Phi) is 4.63. The van der Waals surface area contributed by atoms with E-state index in [9.17, 15) is 24.6 Å². The summed E-state index contributed by atoms with van der Waals surface area (Å²) in [5.74, 6) is -2.84. The van der Waals surface area contributed by atoms with Gasteiger partial charge in [0.25, 0.3) is 5.56 Å². The molecule has 27 heavy (non-hydrogen) atoms. The number of methoxy groups -OCH3 is 1. The predicted octanol–water partition coefficient (Wildman–Crippen LogP) is 1.19. The second-order valence-corrected chi connectivity index (χ2v) is 5.65. The molecule has 10 heteroatoms. The summed E-state index contributed by atoms with van der Waals surface area (Å²) < 4.78 is 16.4. The van der Waals surface area contributed by atoms with Crippen molar-refractivity contribution in [3.05, 3.63) is 33.6 Å². The first-order chi connectivity index (χ1) is 12.8. The minimum Gasteiger partial charge on any atom is -0.496 e. The topological polar surface area (TPSA) is 161 Å². The second-order valence-electron chi connectivity index (χ2n) is 5.65. The van der Waals surface area contributed by atoms with Gasteiger partial charge in [-0.25, -0.2) is 9.59 Å². The number of fused-ring (bicyclic) bond motifs is 1. The zero-order valence-electron chi connectivity index (χ0n) is 14.2. The smallest absolute Gasteiger partial charge is 0.342 e. The van der Waals surface area contributed by atoms with Crippen LogP contribution in [0.3, 0.4) is 0 Å². The molecule has 0 bridgehead atoms. The number of rotatable bonds is 4. The number of nitrogens with two attached hydrogens (primary N) is 1. The zero-order valence-corrected chi connectivity index (χ0v) is 14.2. The fraction of sp³-hybridized carbons (Fsp3) is 0.235. The van der Waals surface area contributed by atoms with Gasteiger partial charge in [-0.1, -0.05) is 0 Å². The van der Waals surface area contributed by atoms with Gasteiger partial charge >= 0.3 is 11.9 Å². The molecule has 1 aliphatic heterocycles. The molecular weight excluding hydrogens is 360 g/mol. The Bertz CT molecular complexity index is 995. The summed E-state index contributed by atoms with van der Waals surface area (Å²) in [4.78, 5) is 37.7. The molecule has 0 atom stereocenters. The van der Waals surface area contributed by atoms with Crippen LogP contribution in [0.1, 0.15) is 27.1 Å². The number of anilines is 1. The SMILES string of the molecule is COc1cc2c(cc1-c1c(C(=O)O)c(N)[nH]c(=O)c1C(=O)O)OCCCO2. The number of H-pyrrole nitrogens is 1. The Morgan fingerprint density at radius 3 is 2.26 bits per heavy atom. The Morgan fingerprint density at radius 1 is 1.11 bits per heavy atom. The lowest BCUT2D eigenvalue weighted by molar-refractivity contribution is 0.0695. The Balaban J connectivity index is 2.43. The predicted molar refractivity (Wildman–Crippen MR) is 93.0 cm³/mol. The van der Waals surface area contributed by atoms with E-state index in [-0.39, 0.29) is 22.6 Å². The van der Waals surface area contributed by atoms with E-state index in [1.807, 2.05) is 0 Å². The van der Waals surface area contributed by atoms with Gasteiger partial charge in [-0.05, 0) is 6.07 Å². The molecule has 1 aromatic heterocycles. The third-order valence-electron chi connectivity index (χ3n) is 4.01. The number of hydrogen-bond donors (Lipinski definition) is 4. The summed E-state index contributed by atoms with van der Waals surface area (Å²) in [5, 5.41) is 19.1. The van der Waals surface area contributed by atoms with Crippen LogP contribution in [-0.2, 0) is 0 Å². The lowest BCUT2D eigenvalue weighted by Gasteiger charge is -2.17. The average molecular weight is 376 g/mol. The number of aromatic amines is 1. The van der Waals surface area contributed by atoms with Crippen LogP contribution in [0.15, 0.2) is 16.9 Å². The van der Waals surface area contributed by atoms with Crippen molar-refractivity contribution in [2.45, 2.75) is 6.42 Å². The lowest BCUT2D eigenvalue weighted by Crippen LogP contribution is -2.24. The van der Waals surface area contributed by atoms with Crippen molar-refractivity contribution in [1.29, 1.82) is 0 Å². The molecule has 0 unspecified atom stereocenters. The maximum absolute atomic E-state index is 12.2. The molecule has 10 nitrogen and oxygen atoms in total. The highest BCUT2D eigenvalue weighted by molar-refractivity contribution is 6.08. The molecule has 2 heterocycles. The molecule has 0 radical (unpaired) electrons. The molecule has 1 aromatic carbocycles. The molecule has 0 saturated carbocycles. The fourth-order valence-electron chi connectivity index (χ4n) is 2.87. The summed E-state index contributed by atoms with van der Waals surface area (Å²) >= 11 is 0. The van der Waals surface area contributed by atoms with Crippen LogP contribution in [0, 0.1) is 0 Å². The standard InChI is InChI=1S/C17H16N2O8/c1-25-8-6-10-9(26-3-2-4-27-10)5-7(8)11-12(16(21)22)14(18)19-15(20)13(11)17(23)24/h5-6H,2-4H2,1H3,(H,21,22)(H,23,24)(H3,18,19,20). The molecule has 3 rings (SSSR count). The average Bonchev–Trinajstić information content (AvgIpc) is 2.83. The molecule has 0 fully saturated rings. The van der Waals surface area contributed by atoms with Gasteiger partial charge in [0.15, 0.2) is 11.5 Å². The van der Waals surface area contributed by atoms with Gasteiger partial charge in [0, 0.05) is 23.6 Å². The molecule has 0 amide bonds. The molecule has 142 valence electrons. The van der Waals surface area contributed by atoms with E-state index in [4.69, 9.17) is 19.9 Å². The van der Waals surface area contributed by atoms with Gasteiger partial charge < -0.3 is 35.1 Å². The van der Waals surface area contributed by atoms with Crippen molar-refractivity contribution in [3.63, 3.8) is 0 Å². The number of aromatic carboxylic acids is 2. The van der Waals surface area contributed by atoms with Crippen molar-refractivity contribution in [1.82, 2.24) is 4.98 Å². The maximum Gasteiger partial charge on any atom is 0.342 e. The van der Waals surface area contributed by atoms with Crippen LogP contribution >= 0.6 is 0 Å². The van der Waals surface area contributed by atoms with Crippen molar-refractivity contribution in [3.8, 4) is 28.4 Å². The Hall–Kier alpha value is -3.69. The molecule has 1 aliphatic rings. The number of nitrogens with one attached hydrogen (secondary N) is 1. The van der Waals surface area contributed by atoms with Crippen LogP contribution in [0.4, 0.5) is 5.82 Å². The third kappa shape index (κ3) is 3.12. The summed E-state index contributed by atoms with van der Waals surface area (Å²) in [6, 6.07) is 2.83. The minimum absolute atomic E-state index is 0.0364.